The van der Waals surface area contributed by atoms with Crippen LogP contribution in [0.25, 0.3) is 0 Å². The second kappa shape index (κ2) is 17.2. The van der Waals surface area contributed by atoms with E-state index in [0.717, 1.165) is 24.0 Å². The van der Waals surface area contributed by atoms with Gasteiger partial charge in [-0.05, 0) is 71.1 Å². The summed E-state index contributed by atoms with van der Waals surface area (Å²) in [5.74, 6) is -2.09. The van der Waals surface area contributed by atoms with Crippen molar-refractivity contribution in [1.29, 1.82) is 0 Å². The van der Waals surface area contributed by atoms with Crippen molar-refractivity contribution >= 4 is 29.8 Å². The number of unbranched alkanes of at least 4 members (excludes halogenated alkanes) is 2. The molecule has 0 bridgehead atoms. The molecule has 1 aromatic rings. The van der Waals surface area contributed by atoms with Gasteiger partial charge in [-0.15, -0.1) is 0 Å². The molecule has 0 aliphatic carbocycles. The first-order valence-electron chi connectivity index (χ1n) is 14.3. The Hall–Kier alpha value is -3.63. The highest BCUT2D eigenvalue weighted by Gasteiger charge is 2.37. The number of amides is 4. The SMILES string of the molecule is CCCCCN(C(=O)C(CCC(N)=O)NC(=O)OC(C)(C)C)C(C(=O)NCCC(=O)OCC)c1cccc(C)c1C. The third-order valence-corrected chi connectivity index (χ3v) is 6.39. The van der Waals surface area contributed by atoms with Gasteiger partial charge in [0.05, 0.1) is 13.0 Å². The molecule has 0 spiro atoms. The van der Waals surface area contributed by atoms with Gasteiger partial charge in [0.2, 0.25) is 17.7 Å². The minimum atomic E-state index is -1.17. The van der Waals surface area contributed by atoms with Gasteiger partial charge in [0.25, 0.3) is 0 Å². The lowest BCUT2D eigenvalue weighted by atomic mass is 9.94. The first kappa shape index (κ1) is 35.4. The van der Waals surface area contributed by atoms with Crippen molar-refractivity contribution in [2.45, 2.75) is 105 Å². The van der Waals surface area contributed by atoms with Crippen molar-refractivity contribution in [1.82, 2.24) is 15.5 Å². The molecule has 11 heteroatoms. The first-order valence-corrected chi connectivity index (χ1v) is 14.3. The van der Waals surface area contributed by atoms with Crippen LogP contribution < -0.4 is 16.4 Å². The predicted octanol–water partition coefficient (Wildman–Crippen LogP) is 3.59. The van der Waals surface area contributed by atoms with E-state index < -0.39 is 47.5 Å². The number of hydrogen-bond acceptors (Lipinski definition) is 7. The molecule has 4 amide bonds. The summed E-state index contributed by atoms with van der Waals surface area (Å²) >= 11 is 0. The molecule has 230 valence electrons. The number of rotatable bonds is 16. The molecule has 11 nitrogen and oxygen atoms in total. The summed E-state index contributed by atoms with van der Waals surface area (Å²) in [4.78, 5) is 65.6. The maximum atomic E-state index is 14.2. The van der Waals surface area contributed by atoms with Crippen molar-refractivity contribution in [3.63, 3.8) is 0 Å². The maximum absolute atomic E-state index is 14.2. The molecule has 0 saturated carbocycles. The van der Waals surface area contributed by atoms with Crippen molar-refractivity contribution in [3.05, 3.63) is 34.9 Å². The molecule has 2 atom stereocenters. The summed E-state index contributed by atoms with van der Waals surface area (Å²) in [5, 5.41) is 5.37. The zero-order valence-corrected chi connectivity index (χ0v) is 25.6. The molecule has 1 rings (SSSR count). The molecule has 0 fully saturated rings. The highest BCUT2D eigenvalue weighted by atomic mass is 16.6. The van der Waals surface area contributed by atoms with Crippen LogP contribution in [0, 0.1) is 13.8 Å². The Morgan fingerprint density at radius 2 is 1.71 bits per heavy atom. The number of carbonyl (C=O) groups is 5. The second-order valence-corrected chi connectivity index (χ2v) is 11.0. The van der Waals surface area contributed by atoms with E-state index in [2.05, 4.69) is 10.6 Å². The number of nitrogens with zero attached hydrogens (tertiary/aromatic N) is 1. The first-order chi connectivity index (χ1) is 19.2. The summed E-state index contributed by atoms with van der Waals surface area (Å²) in [6, 6.07) is 3.29. The standard InChI is InChI=1S/C30H48N4O7/c1-8-10-11-19-34(28(38)23(15-16-24(31)35)33-29(39)41-30(5,6)7)26(22-14-12-13-20(3)21(22)4)27(37)32-18-17-25(36)40-9-2/h12-14,23,26H,8-11,15-19H2,1-7H3,(H2,31,35)(H,32,37)(H,33,39). The smallest absolute Gasteiger partial charge is 0.408 e. The average Bonchev–Trinajstić information content (AvgIpc) is 2.86. The van der Waals surface area contributed by atoms with E-state index in [0.29, 0.717) is 12.0 Å². The Labute approximate surface area is 243 Å². The number of ether oxygens (including phenoxy) is 2. The van der Waals surface area contributed by atoms with Gasteiger partial charge in [0, 0.05) is 19.5 Å². The second-order valence-electron chi connectivity index (χ2n) is 11.0. The fraction of sp³-hybridized carbons (Fsp3) is 0.633. The van der Waals surface area contributed by atoms with Crippen molar-refractivity contribution in [2.24, 2.45) is 5.73 Å². The number of alkyl carbamates (subject to hydrolysis) is 1. The Balaban J connectivity index is 3.53. The molecule has 0 saturated heterocycles. The van der Waals surface area contributed by atoms with Crippen LogP contribution in [0.5, 0.6) is 0 Å². The third-order valence-electron chi connectivity index (χ3n) is 6.39. The lowest BCUT2D eigenvalue weighted by molar-refractivity contribution is -0.144. The largest absolute Gasteiger partial charge is 0.466 e. The van der Waals surface area contributed by atoms with Crippen LogP contribution in [-0.4, -0.2) is 66.0 Å². The van der Waals surface area contributed by atoms with Gasteiger partial charge in [-0.1, -0.05) is 38.0 Å². The summed E-state index contributed by atoms with van der Waals surface area (Å²) in [5.41, 5.74) is 6.95. The number of esters is 1. The topological polar surface area (TPSA) is 157 Å². The molecule has 1 aromatic carbocycles. The molecular weight excluding hydrogens is 528 g/mol. The van der Waals surface area contributed by atoms with E-state index in [1.807, 2.05) is 32.9 Å². The molecule has 0 aromatic heterocycles. The lowest BCUT2D eigenvalue weighted by Gasteiger charge is -2.35. The average molecular weight is 577 g/mol. The molecule has 0 aliphatic rings. The summed E-state index contributed by atoms with van der Waals surface area (Å²) in [7, 11) is 0. The Morgan fingerprint density at radius 3 is 2.29 bits per heavy atom. The number of primary amides is 1. The minimum absolute atomic E-state index is 0.0235. The van der Waals surface area contributed by atoms with Gasteiger partial charge in [0.1, 0.15) is 17.7 Å². The molecule has 0 radical (unpaired) electrons. The van der Waals surface area contributed by atoms with Crippen LogP contribution in [-0.2, 0) is 28.7 Å². The molecular formula is C30H48N4O7. The summed E-state index contributed by atoms with van der Waals surface area (Å²) in [6.45, 7) is 13.1. The van der Waals surface area contributed by atoms with E-state index in [1.165, 1.54) is 4.90 Å². The molecule has 4 N–H and O–H groups in total. The van der Waals surface area contributed by atoms with Gasteiger partial charge in [-0.2, -0.15) is 0 Å². The van der Waals surface area contributed by atoms with Crippen LogP contribution in [0.3, 0.4) is 0 Å². The quantitative estimate of drug-likeness (QED) is 0.200. The Kier molecular flexibility index (Phi) is 14.9. The van der Waals surface area contributed by atoms with Gasteiger partial charge in [-0.3, -0.25) is 19.2 Å². The monoisotopic (exact) mass is 576 g/mol. The number of hydrogen-bond donors (Lipinski definition) is 3. The third kappa shape index (κ3) is 12.6. The number of aryl methyl sites for hydroxylation is 1. The van der Waals surface area contributed by atoms with Crippen LogP contribution in [0.1, 0.15) is 95.9 Å². The highest BCUT2D eigenvalue weighted by molar-refractivity contribution is 5.93. The minimum Gasteiger partial charge on any atom is -0.466 e. The lowest BCUT2D eigenvalue weighted by Crippen LogP contribution is -2.53. The van der Waals surface area contributed by atoms with E-state index in [1.54, 1.807) is 33.8 Å². The van der Waals surface area contributed by atoms with Crippen molar-refractivity contribution in [2.75, 3.05) is 19.7 Å². The zero-order valence-electron chi connectivity index (χ0n) is 25.6. The van der Waals surface area contributed by atoms with Crippen LogP contribution >= 0.6 is 0 Å². The molecule has 0 aliphatic heterocycles. The number of carbonyl (C=O) groups excluding carboxylic acids is 5. The fourth-order valence-corrected chi connectivity index (χ4v) is 4.23. The molecule has 2 unspecified atom stereocenters. The molecule has 41 heavy (non-hydrogen) atoms. The maximum Gasteiger partial charge on any atom is 0.408 e. The van der Waals surface area contributed by atoms with E-state index in [9.17, 15) is 24.0 Å². The van der Waals surface area contributed by atoms with Gasteiger partial charge >= 0.3 is 12.1 Å². The van der Waals surface area contributed by atoms with Crippen molar-refractivity contribution < 1.29 is 33.4 Å². The number of nitrogens with one attached hydrogen (secondary N) is 2. The van der Waals surface area contributed by atoms with E-state index >= 15 is 0 Å². The van der Waals surface area contributed by atoms with E-state index in [4.69, 9.17) is 15.2 Å². The van der Waals surface area contributed by atoms with Crippen LogP contribution in [0.15, 0.2) is 18.2 Å². The van der Waals surface area contributed by atoms with Gasteiger partial charge in [0.15, 0.2) is 0 Å². The normalized spacial score (nSPS) is 12.6. The number of benzene rings is 1. The Bertz CT molecular complexity index is 1050. The highest BCUT2D eigenvalue weighted by Crippen LogP contribution is 2.28. The summed E-state index contributed by atoms with van der Waals surface area (Å²) in [6.07, 6.45) is 1.22. The van der Waals surface area contributed by atoms with Crippen LogP contribution in [0.4, 0.5) is 4.79 Å². The summed E-state index contributed by atoms with van der Waals surface area (Å²) < 4.78 is 10.3. The van der Waals surface area contributed by atoms with Crippen molar-refractivity contribution in [3.8, 4) is 0 Å². The predicted molar refractivity (Wildman–Crippen MR) is 156 cm³/mol. The number of nitrogens with two attached hydrogens (primary N) is 1. The zero-order chi connectivity index (χ0) is 31.2. The molecule has 0 heterocycles. The van der Waals surface area contributed by atoms with Gasteiger partial charge in [-0.25, -0.2) is 4.79 Å². The van der Waals surface area contributed by atoms with Crippen LogP contribution in [0.2, 0.25) is 0 Å². The van der Waals surface area contributed by atoms with Gasteiger partial charge < -0.3 is 30.7 Å². The van der Waals surface area contributed by atoms with E-state index in [-0.39, 0.29) is 39.0 Å². The fourth-order valence-electron chi connectivity index (χ4n) is 4.23. The Morgan fingerprint density at radius 1 is 1.02 bits per heavy atom.